The van der Waals surface area contributed by atoms with Crippen LogP contribution in [0.15, 0.2) is 170 Å². The summed E-state index contributed by atoms with van der Waals surface area (Å²) in [6, 6.07) is 0. The standard InChI is InChI=1S/C67H102O6/c1-4-7-10-13-15-17-19-21-23-24-25-26-27-28-29-30-31-32-33-34-35-36-37-38-39-40-41-42-44-45-47-49-51-54-57-60-66(69)72-63-64(62-71-65(68)59-56-53-12-9-6-3)73-67(70)61-58-55-52-50-48-46-43-22-20-18-16-14-11-8-5-2/h7-8,10-11,15-18,21-23,25-26,28-29,31-32,34-35,37-38,40-41,43,48,50,55,58,64H,4-6,9,12-14,19-20,24,27,30,33,36,39,42,44-47,49,51-54,56-57,59-63H2,1-3H3/b10-7-,11-8-,17-15-,18-16-,23-21-,26-25-,29-28-,32-31-,35-34-,38-37-,41-40-,43-22-,50-48-,58-55-. The molecule has 0 amide bonds. The van der Waals surface area contributed by atoms with Crippen LogP contribution in [0.5, 0.6) is 0 Å². The van der Waals surface area contributed by atoms with Crippen LogP contribution in [0.3, 0.4) is 0 Å². The number of rotatable bonds is 49. The quantitative estimate of drug-likeness (QED) is 0.0261. The molecule has 0 aromatic carbocycles. The summed E-state index contributed by atoms with van der Waals surface area (Å²) in [5.41, 5.74) is 0. The van der Waals surface area contributed by atoms with E-state index in [0.29, 0.717) is 19.3 Å². The molecule has 0 saturated heterocycles. The van der Waals surface area contributed by atoms with Crippen LogP contribution in [-0.2, 0) is 28.6 Å². The predicted molar refractivity (Wildman–Crippen MR) is 315 cm³/mol. The minimum absolute atomic E-state index is 0.0872. The first-order chi connectivity index (χ1) is 36.0. The summed E-state index contributed by atoms with van der Waals surface area (Å²) in [6.45, 7) is 6.20. The van der Waals surface area contributed by atoms with Gasteiger partial charge in [-0.05, 0) is 116 Å². The van der Waals surface area contributed by atoms with E-state index >= 15 is 0 Å². The highest BCUT2D eigenvalue weighted by Crippen LogP contribution is 2.12. The van der Waals surface area contributed by atoms with E-state index < -0.39 is 12.1 Å². The van der Waals surface area contributed by atoms with Crippen LogP contribution in [0, 0.1) is 0 Å². The van der Waals surface area contributed by atoms with E-state index in [0.717, 1.165) is 148 Å². The number of esters is 3. The summed E-state index contributed by atoms with van der Waals surface area (Å²) in [6.07, 6.45) is 88.5. The van der Waals surface area contributed by atoms with Gasteiger partial charge in [0.15, 0.2) is 6.10 Å². The predicted octanol–water partition coefficient (Wildman–Crippen LogP) is 19.5. The van der Waals surface area contributed by atoms with Gasteiger partial charge in [-0.2, -0.15) is 0 Å². The van der Waals surface area contributed by atoms with E-state index in [1.54, 1.807) is 6.08 Å². The van der Waals surface area contributed by atoms with Gasteiger partial charge in [-0.1, -0.05) is 249 Å². The normalized spacial score (nSPS) is 13.4. The molecular weight excluding hydrogens is 901 g/mol. The van der Waals surface area contributed by atoms with Gasteiger partial charge >= 0.3 is 17.9 Å². The Morgan fingerprint density at radius 1 is 0.301 bits per heavy atom. The van der Waals surface area contributed by atoms with Crippen molar-refractivity contribution in [3.8, 4) is 0 Å². The van der Waals surface area contributed by atoms with Crippen LogP contribution in [0.2, 0.25) is 0 Å². The van der Waals surface area contributed by atoms with Gasteiger partial charge in [0, 0.05) is 12.8 Å². The Morgan fingerprint density at radius 2 is 0.575 bits per heavy atom. The molecule has 1 atom stereocenters. The van der Waals surface area contributed by atoms with Gasteiger partial charge in [-0.25, -0.2) is 0 Å². The zero-order valence-electron chi connectivity index (χ0n) is 46.3. The lowest BCUT2D eigenvalue weighted by atomic mass is 10.1. The summed E-state index contributed by atoms with van der Waals surface area (Å²) >= 11 is 0. The summed E-state index contributed by atoms with van der Waals surface area (Å²) in [7, 11) is 0. The van der Waals surface area contributed by atoms with E-state index in [4.69, 9.17) is 14.2 Å². The van der Waals surface area contributed by atoms with Crippen molar-refractivity contribution >= 4 is 17.9 Å². The van der Waals surface area contributed by atoms with E-state index in [2.05, 4.69) is 179 Å². The van der Waals surface area contributed by atoms with Gasteiger partial charge in [-0.3, -0.25) is 14.4 Å². The van der Waals surface area contributed by atoms with Crippen LogP contribution in [0.4, 0.5) is 0 Å². The minimum atomic E-state index is -0.840. The van der Waals surface area contributed by atoms with E-state index in [-0.39, 0.29) is 31.6 Å². The van der Waals surface area contributed by atoms with E-state index in [9.17, 15) is 14.4 Å². The minimum Gasteiger partial charge on any atom is -0.462 e. The highest BCUT2D eigenvalue weighted by molar-refractivity contribution is 5.72. The average Bonchev–Trinajstić information content (AvgIpc) is 3.39. The average molecular weight is 1000 g/mol. The van der Waals surface area contributed by atoms with Crippen molar-refractivity contribution in [3.63, 3.8) is 0 Å². The molecule has 0 spiro atoms. The van der Waals surface area contributed by atoms with Crippen LogP contribution in [-0.4, -0.2) is 37.2 Å². The van der Waals surface area contributed by atoms with E-state index in [1.165, 1.54) is 19.3 Å². The fourth-order valence-electron chi connectivity index (χ4n) is 7.04. The largest absolute Gasteiger partial charge is 0.462 e. The Labute approximate surface area is 447 Å². The summed E-state index contributed by atoms with van der Waals surface area (Å²) in [5.74, 6) is -1.10. The summed E-state index contributed by atoms with van der Waals surface area (Å²) in [4.78, 5) is 37.6. The molecule has 406 valence electrons. The molecule has 1 unspecified atom stereocenters. The lowest BCUT2D eigenvalue weighted by Crippen LogP contribution is -2.30. The van der Waals surface area contributed by atoms with Gasteiger partial charge in [0.05, 0.1) is 6.42 Å². The Bertz CT molecular complexity index is 1720. The highest BCUT2D eigenvalue weighted by Gasteiger charge is 2.19. The maximum atomic E-state index is 12.7. The molecule has 0 aliphatic carbocycles. The molecule has 0 aliphatic rings. The molecule has 0 heterocycles. The van der Waals surface area contributed by atoms with Crippen LogP contribution in [0.25, 0.3) is 0 Å². The molecule has 6 nitrogen and oxygen atoms in total. The number of carbonyl (C=O) groups excluding carboxylic acids is 3. The van der Waals surface area contributed by atoms with Gasteiger partial charge in [0.2, 0.25) is 0 Å². The number of hydrogen-bond acceptors (Lipinski definition) is 6. The van der Waals surface area contributed by atoms with Crippen LogP contribution >= 0.6 is 0 Å². The van der Waals surface area contributed by atoms with Gasteiger partial charge in [0.1, 0.15) is 13.2 Å². The molecule has 0 saturated carbocycles. The smallest absolute Gasteiger partial charge is 0.310 e. The highest BCUT2D eigenvalue weighted by atomic mass is 16.6. The topological polar surface area (TPSA) is 78.9 Å². The first-order valence-electron chi connectivity index (χ1n) is 28.6. The van der Waals surface area contributed by atoms with Crippen molar-refractivity contribution in [2.45, 2.75) is 219 Å². The molecule has 0 bridgehead atoms. The SMILES string of the molecule is CC/C=C\C/C=C\C/C=C\C/C=C\C/C=C\C/C=C\C/C=C\C/C=C\C/C=C\CCCCCCCCCC(=O)OCC(COC(=O)CCCCCCC)OC(=O)C/C=C\C/C=C\C/C=C\C/C=C\C/C=C\CC. The Morgan fingerprint density at radius 3 is 0.904 bits per heavy atom. The van der Waals surface area contributed by atoms with Crippen LogP contribution in [0.1, 0.15) is 213 Å². The van der Waals surface area contributed by atoms with Gasteiger partial charge in [0.25, 0.3) is 0 Å². The second-order valence-electron chi connectivity index (χ2n) is 18.1. The monoisotopic (exact) mass is 1000 g/mol. The number of ether oxygens (including phenoxy) is 3. The molecule has 0 rings (SSSR count). The van der Waals surface area contributed by atoms with Gasteiger partial charge in [-0.15, -0.1) is 0 Å². The summed E-state index contributed by atoms with van der Waals surface area (Å²) in [5, 5.41) is 0. The molecule has 0 aromatic rings. The lowest BCUT2D eigenvalue weighted by molar-refractivity contribution is -0.166. The molecule has 0 N–H and O–H groups in total. The number of carbonyl (C=O) groups is 3. The van der Waals surface area contributed by atoms with Crippen molar-refractivity contribution in [2.24, 2.45) is 0 Å². The van der Waals surface area contributed by atoms with Crippen molar-refractivity contribution in [1.29, 1.82) is 0 Å². The molecule has 73 heavy (non-hydrogen) atoms. The molecule has 0 aromatic heterocycles. The lowest BCUT2D eigenvalue weighted by Gasteiger charge is -2.18. The maximum absolute atomic E-state index is 12.7. The number of allylic oxidation sites excluding steroid dienone is 27. The van der Waals surface area contributed by atoms with E-state index in [1.807, 2.05) is 6.08 Å². The third kappa shape index (κ3) is 57.5. The molecule has 6 heteroatoms. The summed E-state index contributed by atoms with van der Waals surface area (Å²) < 4.78 is 16.5. The van der Waals surface area contributed by atoms with Gasteiger partial charge < -0.3 is 14.2 Å². The Balaban J connectivity index is 4.17. The Hall–Kier alpha value is -5.23. The third-order valence-corrected chi connectivity index (χ3v) is 11.2. The van der Waals surface area contributed by atoms with Crippen molar-refractivity contribution in [1.82, 2.24) is 0 Å². The van der Waals surface area contributed by atoms with Crippen LogP contribution < -0.4 is 0 Å². The molecule has 0 fully saturated rings. The fourth-order valence-corrected chi connectivity index (χ4v) is 7.04. The molecular formula is C67H102O6. The Kier molecular flexibility index (Phi) is 55.1. The first kappa shape index (κ1) is 67.8. The zero-order valence-corrected chi connectivity index (χ0v) is 46.3. The van der Waals surface area contributed by atoms with Crippen molar-refractivity contribution < 1.29 is 28.6 Å². The number of unbranched alkanes of at least 4 members (excludes halogenated alkanes) is 11. The number of hydrogen-bond donors (Lipinski definition) is 0. The first-order valence-corrected chi connectivity index (χ1v) is 28.6. The second kappa shape index (κ2) is 59.3. The van der Waals surface area contributed by atoms with Crippen molar-refractivity contribution in [2.75, 3.05) is 13.2 Å². The fraction of sp³-hybridized carbons (Fsp3) is 0.537. The zero-order chi connectivity index (χ0) is 52.9. The van der Waals surface area contributed by atoms with Crippen molar-refractivity contribution in [3.05, 3.63) is 170 Å². The maximum Gasteiger partial charge on any atom is 0.310 e. The molecule has 0 aliphatic heterocycles. The second-order valence-corrected chi connectivity index (χ2v) is 18.1. The molecule has 0 radical (unpaired) electrons. The third-order valence-electron chi connectivity index (χ3n) is 11.2.